The van der Waals surface area contributed by atoms with E-state index in [1.165, 1.54) is 53.5 Å². The number of aryl methyl sites for hydroxylation is 2. The van der Waals surface area contributed by atoms with Crippen LogP contribution in [0.3, 0.4) is 0 Å². The molecule has 38 heavy (non-hydrogen) atoms. The van der Waals surface area contributed by atoms with E-state index < -0.39 is 5.97 Å². The Bertz CT molecular complexity index is 1480. The summed E-state index contributed by atoms with van der Waals surface area (Å²) in [5, 5.41) is 17.0. The number of nitrogens with zero attached hydrogens (tertiary/aromatic N) is 3. The zero-order chi connectivity index (χ0) is 26.6. The maximum Gasteiger partial charge on any atom is 0.341 e. The smallest absolute Gasteiger partial charge is 0.341 e. The number of methoxy groups -OCH3 is 1. The highest BCUT2D eigenvalue weighted by molar-refractivity contribution is 7.99. The van der Waals surface area contributed by atoms with Gasteiger partial charge in [0, 0.05) is 33.3 Å². The van der Waals surface area contributed by atoms with Gasteiger partial charge in [-0.25, -0.2) is 4.79 Å². The average molecular weight is 565 g/mol. The Balaban J connectivity index is 1.34. The molecule has 1 N–H and O–H groups in total. The Morgan fingerprint density at radius 3 is 2.66 bits per heavy atom. The number of rotatable bonds is 9. The van der Waals surface area contributed by atoms with Gasteiger partial charge in [-0.2, -0.15) is 0 Å². The van der Waals surface area contributed by atoms with Crippen LogP contribution in [0.2, 0.25) is 0 Å². The second-order valence-corrected chi connectivity index (χ2v) is 11.8. The van der Waals surface area contributed by atoms with Gasteiger partial charge in [-0.3, -0.25) is 9.36 Å². The Kier molecular flexibility index (Phi) is 8.11. The fourth-order valence-electron chi connectivity index (χ4n) is 4.56. The lowest BCUT2D eigenvalue weighted by Crippen LogP contribution is -2.16. The van der Waals surface area contributed by atoms with Crippen molar-refractivity contribution in [2.24, 2.45) is 0 Å². The van der Waals surface area contributed by atoms with E-state index in [-0.39, 0.29) is 11.7 Å². The van der Waals surface area contributed by atoms with E-state index in [9.17, 15) is 9.59 Å². The van der Waals surface area contributed by atoms with E-state index in [0.29, 0.717) is 22.3 Å². The van der Waals surface area contributed by atoms with E-state index in [4.69, 9.17) is 4.74 Å². The number of thiophene rings is 2. The van der Waals surface area contributed by atoms with Crippen LogP contribution in [-0.4, -0.2) is 39.5 Å². The number of hydrogen-bond donors (Lipinski definition) is 1. The molecule has 1 aromatic carbocycles. The third-order valence-corrected chi connectivity index (χ3v) is 9.41. The number of allylic oxidation sites excluding steroid dienone is 1. The molecule has 0 saturated heterocycles. The third kappa shape index (κ3) is 5.34. The molecular weight excluding hydrogens is 537 g/mol. The minimum atomic E-state index is -0.487. The first-order chi connectivity index (χ1) is 18.5. The van der Waals surface area contributed by atoms with E-state index >= 15 is 0 Å². The quantitative estimate of drug-likeness (QED) is 0.140. The summed E-state index contributed by atoms with van der Waals surface area (Å²) in [6, 6.07) is 7.89. The summed E-state index contributed by atoms with van der Waals surface area (Å²) < 4.78 is 7.05. The van der Waals surface area contributed by atoms with Crippen LogP contribution in [0.25, 0.3) is 22.5 Å². The van der Waals surface area contributed by atoms with E-state index in [1.807, 2.05) is 47.2 Å². The number of anilines is 1. The number of carbonyl (C=O) groups excluding carboxylic acids is 2. The van der Waals surface area contributed by atoms with E-state index in [2.05, 4.69) is 27.5 Å². The van der Waals surface area contributed by atoms with Crippen LogP contribution in [0.15, 0.2) is 52.8 Å². The number of nitrogens with one attached hydrogen (secondary N) is 1. The van der Waals surface area contributed by atoms with Crippen LogP contribution in [0.1, 0.15) is 39.2 Å². The molecule has 5 rings (SSSR count). The minimum Gasteiger partial charge on any atom is -0.465 e. The molecular formula is C28H28N4O3S3. The number of ether oxygens (including phenoxy) is 1. The summed E-state index contributed by atoms with van der Waals surface area (Å²) in [5.41, 5.74) is 5.63. The van der Waals surface area contributed by atoms with Crippen molar-refractivity contribution in [3.05, 3.63) is 69.2 Å². The topological polar surface area (TPSA) is 86.1 Å². The van der Waals surface area contributed by atoms with Gasteiger partial charge in [0.15, 0.2) is 11.0 Å². The van der Waals surface area contributed by atoms with E-state index in [0.717, 1.165) is 40.9 Å². The molecule has 0 spiro atoms. The predicted octanol–water partition coefficient (Wildman–Crippen LogP) is 6.63. The molecule has 7 nitrogen and oxygen atoms in total. The SMILES string of the molecule is C=CCn1c(SCC(=O)Nc2scc(-c3ccc(C)cc3)c2C(=O)OC)nnc1-c1csc2c1CCCC2. The monoisotopic (exact) mass is 564 g/mol. The molecule has 3 heterocycles. The number of fused-ring (bicyclic) bond motifs is 1. The number of amides is 1. The number of hydrogen-bond acceptors (Lipinski definition) is 8. The number of esters is 1. The van der Waals surface area contributed by atoms with Gasteiger partial charge in [0.25, 0.3) is 0 Å². The second-order valence-electron chi connectivity index (χ2n) is 9.01. The Labute approximate surface area is 234 Å². The molecule has 1 amide bonds. The van der Waals surface area contributed by atoms with Crippen LogP contribution >= 0.6 is 34.4 Å². The summed E-state index contributed by atoms with van der Waals surface area (Å²) in [4.78, 5) is 27.1. The molecule has 0 bridgehead atoms. The van der Waals surface area contributed by atoms with Crippen LogP contribution in [0.5, 0.6) is 0 Å². The lowest BCUT2D eigenvalue weighted by molar-refractivity contribution is -0.113. The zero-order valence-electron chi connectivity index (χ0n) is 21.3. The van der Waals surface area contributed by atoms with Crippen molar-refractivity contribution in [3.8, 4) is 22.5 Å². The molecule has 0 unspecified atom stereocenters. The van der Waals surface area contributed by atoms with Crippen LogP contribution in [-0.2, 0) is 28.9 Å². The summed E-state index contributed by atoms with van der Waals surface area (Å²) in [7, 11) is 1.34. The van der Waals surface area contributed by atoms with Gasteiger partial charge in [0.1, 0.15) is 10.6 Å². The van der Waals surface area contributed by atoms with Gasteiger partial charge in [0.2, 0.25) is 5.91 Å². The summed E-state index contributed by atoms with van der Waals surface area (Å²) >= 11 is 4.42. The number of benzene rings is 1. The molecule has 1 aliphatic rings. The fraction of sp³-hybridized carbons (Fsp3) is 0.286. The standard InChI is InChI=1S/C28H28N4O3S3/c1-4-13-32-25(21-15-36-22-8-6-5-7-19(21)22)30-31-28(32)38-16-23(33)29-26-24(27(34)35-3)20(14-37-26)18-11-9-17(2)10-12-18/h4,9-12,14-15H,1,5-8,13,16H2,2-3H3,(H,29,33). The molecule has 0 fully saturated rings. The molecule has 4 aromatic rings. The van der Waals surface area contributed by atoms with Crippen LogP contribution in [0, 0.1) is 6.92 Å². The Morgan fingerprint density at radius 2 is 1.89 bits per heavy atom. The predicted molar refractivity (Wildman–Crippen MR) is 155 cm³/mol. The van der Waals surface area contributed by atoms with Gasteiger partial charge in [-0.15, -0.1) is 39.4 Å². The molecule has 0 saturated carbocycles. The van der Waals surface area contributed by atoms with Crippen molar-refractivity contribution in [2.75, 3.05) is 18.2 Å². The first kappa shape index (κ1) is 26.4. The van der Waals surface area contributed by atoms with Gasteiger partial charge in [-0.1, -0.05) is 47.7 Å². The lowest BCUT2D eigenvalue weighted by atomic mass is 9.95. The van der Waals surface area contributed by atoms with Crippen molar-refractivity contribution in [3.63, 3.8) is 0 Å². The van der Waals surface area contributed by atoms with Gasteiger partial charge in [0.05, 0.1) is 12.9 Å². The average Bonchev–Trinajstić information content (AvgIpc) is 3.65. The van der Waals surface area contributed by atoms with Crippen molar-refractivity contribution in [2.45, 2.75) is 44.3 Å². The number of aromatic nitrogens is 3. The summed E-state index contributed by atoms with van der Waals surface area (Å²) in [5.74, 6) is 0.218. The lowest BCUT2D eigenvalue weighted by Gasteiger charge is -2.13. The Morgan fingerprint density at radius 1 is 1.13 bits per heavy atom. The van der Waals surface area contributed by atoms with E-state index in [1.54, 1.807) is 11.3 Å². The zero-order valence-corrected chi connectivity index (χ0v) is 23.7. The highest BCUT2D eigenvalue weighted by Crippen LogP contribution is 2.38. The fourth-order valence-corrected chi connectivity index (χ4v) is 7.41. The minimum absolute atomic E-state index is 0.120. The number of thioether (sulfide) groups is 1. The first-order valence-corrected chi connectivity index (χ1v) is 15.1. The molecule has 1 aliphatic carbocycles. The molecule has 196 valence electrons. The largest absolute Gasteiger partial charge is 0.465 e. The molecule has 3 aromatic heterocycles. The highest BCUT2D eigenvalue weighted by Gasteiger charge is 2.24. The molecule has 0 aliphatic heterocycles. The molecule has 0 atom stereocenters. The molecule has 10 heteroatoms. The maximum atomic E-state index is 13.0. The van der Waals surface area contributed by atoms with Crippen molar-refractivity contribution < 1.29 is 14.3 Å². The Hall–Kier alpha value is -3.21. The van der Waals surface area contributed by atoms with Crippen molar-refractivity contribution in [1.29, 1.82) is 0 Å². The van der Waals surface area contributed by atoms with Gasteiger partial charge >= 0.3 is 5.97 Å². The second kappa shape index (κ2) is 11.7. The van der Waals surface area contributed by atoms with Crippen molar-refractivity contribution in [1.82, 2.24) is 14.8 Å². The van der Waals surface area contributed by atoms with Gasteiger partial charge < -0.3 is 10.1 Å². The molecule has 0 radical (unpaired) electrons. The highest BCUT2D eigenvalue weighted by atomic mass is 32.2. The summed E-state index contributed by atoms with van der Waals surface area (Å²) in [6.45, 7) is 6.46. The van der Waals surface area contributed by atoms with Crippen LogP contribution < -0.4 is 5.32 Å². The first-order valence-electron chi connectivity index (χ1n) is 12.3. The van der Waals surface area contributed by atoms with Gasteiger partial charge in [-0.05, 0) is 43.7 Å². The van der Waals surface area contributed by atoms with Crippen molar-refractivity contribution >= 4 is 51.3 Å². The third-order valence-electron chi connectivity index (χ3n) is 6.46. The normalized spacial score (nSPS) is 12.7. The number of carbonyl (C=O) groups is 2. The van der Waals surface area contributed by atoms with Crippen LogP contribution in [0.4, 0.5) is 5.00 Å². The maximum absolute atomic E-state index is 13.0. The summed E-state index contributed by atoms with van der Waals surface area (Å²) in [6.07, 6.45) is 6.43.